The first kappa shape index (κ1) is 12.2. The minimum atomic E-state index is -0.802. The molecule has 0 radical (unpaired) electrons. The first-order chi connectivity index (χ1) is 7.24. The molecule has 1 aliphatic rings. The van der Waals surface area contributed by atoms with Crippen LogP contribution < -0.4 is 0 Å². The highest BCUT2D eigenvalue weighted by atomic mass is 16.5. The highest BCUT2D eigenvalue weighted by molar-refractivity contribution is 5.86. The fourth-order valence-corrected chi connectivity index (χ4v) is 1.60. The van der Waals surface area contributed by atoms with Gasteiger partial charge >= 0.3 is 5.97 Å². The van der Waals surface area contributed by atoms with E-state index in [-0.39, 0.29) is 0 Å². The van der Waals surface area contributed by atoms with Crippen LogP contribution >= 0.6 is 0 Å². The molecule has 0 aromatic heterocycles. The van der Waals surface area contributed by atoms with Crippen molar-refractivity contribution in [3.05, 3.63) is 11.6 Å². The second-order valence-corrected chi connectivity index (χ2v) is 3.65. The molecule has 1 heterocycles. The zero-order valence-electron chi connectivity index (χ0n) is 9.24. The highest BCUT2D eigenvalue weighted by Crippen LogP contribution is 2.03. The van der Waals surface area contributed by atoms with Gasteiger partial charge in [-0.3, -0.25) is 4.90 Å². The summed E-state index contributed by atoms with van der Waals surface area (Å²) in [6.45, 7) is 6.05. The zero-order valence-corrected chi connectivity index (χ0v) is 9.24. The van der Waals surface area contributed by atoms with Crippen LogP contribution in [0.15, 0.2) is 11.6 Å². The van der Waals surface area contributed by atoms with Gasteiger partial charge in [0, 0.05) is 31.8 Å². The predicted octanol–water partition coefficient (Wildman–Crippen LogP) is 1.13. The topological polar surface area (TPSA) is 49.8 Å². The molecule has 0 aromatic carbocycles. The van der Waals surface area contributed by atoms with Crippen LogP contribution in [0.5, 0.6) is 0 Å². The van der Waals surface area contributed by atoms with Crippen LogP contribution in [0.25, 0.3) is 0 Å². The van der Waals surface area contributed by atoms with Gasteiger partial charge in [0.25, 0.3) is 0 Å². The van der Waals surface area contributed by atoms with Crippen LogP contribution in [0.3, 0.4) is 0 Å². The van der Waals surface area contributed by atoms with Crippen molar-refractivity contribution in [2.45, 2.75) is 19.8 Å². The Morgan fingerprint density at radius 2 is 2.27 bits per heavy atom. The van der Waals surface area contributed by atoms with E-state index in [2.05, 4.69) is 4.90 Å². The van der Waals surface area contributed by atoms with Crippen molar-refractivity contribution >= 4 is 5.97 Å². The van der Waals surface area contributed by atoms with Gasteiger partial charge in [-0.05, 0) is 12.8 Å². The van der Waals surface area contributed by atoms with E-state index in [0.29, 0.717) is 12.0 Å². The second kappa shape index (κ2) is 6.58. The van der Waals surface area contributed by atoms with Crippen LogP contribution in [0, 0.1) is 0 Å². The van der Waals surface area contributed by atoms with Crippen LogP contribution in [0.2, 0.25) is 0 Å². The minimum absolute atomic E-state index is 0.500. The Labute approximate surface area is 90.5 Å². The van der Waals surface area contributed by atoms with Gasteiger partial charge in [-0.1, -0.05) is 13.0 Å². The number of nitrogens with zero attached hydrogens (tertiary/aromatic N) is 1. The maximum absolute atomic E-state index is 10.8. The molecule has 4 heteroatoms. The van der Waals surface area contributed by atoms with E-state index in [1.54, 1.807) is 0 Å². The van der Waals surface area contributed by atoms with Gasteiger partial charge in [-0.15, -0.1) is 0 Å². The molecule has 1 N–H and O–H groups in total. The van der Waals surface area contributed by atoms with Crippen LogP contribution in [-0.4, -0.2) is 48.8 Å². The molecule has 0 bridgehead atoms. The smallest absolute Gasteiger partial charge is 0.331 e. The van der Waals surface area contributed by atoms with Crippen molar-refractivity contribution < 1.29 is 14.6 Å². The first-order valence-corrected chi connectivity index (χ1v) is 5.46. The van der Waals surface area contributed by atoms with E-state index in [9.17, 15) is 4.79 Å². The summed E-state index contributed by atoms with van der Waals surface area (Å²) < 4.78 is 5.33. The van der Waals surface area contributed by atoms with E-state index < -0.39 is 5.97 Å². The summed E-state index contributed by atoms with van der Waals surface area (Å²) in [5.41, 5.74) is 0.500. The lowest BCUT2D eigenvalue weighted by atomic mass is 10.2. The Morgan fingerprint density at radius 3 is 2.93 bits per heavy atom. The summed E-state index contributed by atoms with van der Waals surface area (Å²) in [6, 6.07) is 0. The van der Waals surface area contributed by atoms with Crippen molar-refractivity contribution in [2.75, 3.05) is 32.8 Å². The molecule has 1 saturated heterocycles. The van der Waals surface area contributed by atoms with Gasteiger partial charge in [0.1, 0.15) is 0 Å². The molecule has 0 unspecified atom stereocenters. The summed E-state index contributed by atoms with van der Waals surface area (Å²) in [6.07, 6.45) is 3.43. The standard InChI is InChI=1S/C11H19NO3/c1-2-10(11(13)14)4-6-12-5-3-8-15-9-7-12/h4H,2-3,5-9H2,1H3,(H,13,14). The molecular formula is C11H19NO3. The van der Waals surface area contributed by atoms with E-state index in [0.717, 1.165) is 39.3 Å². The molecule has 1 rings (SSSR count). The number of aliphatic carboxylic acids is 1. The molecule has 0 amide bonds. The summed E-state index contributed by atoms with van der Waals surface area (Å²) >= 11 is 0. The zero-order chi connectivity index (χ0) is 11.1. The van der Waals surface area contributed by atoms with Crippen LogP contribution in [0.4, 0.5) is 0 Å². The molecule has 86 valence electrons. The second-order valence-electron chi connectivity index (χ2n) is 3.65. The van der Waals surface area contributed by atoms with E-state index in [1.165, 1.54) is 0 Å². The third kappa shape index (κ3) is 4.44. The van der Waals surface area contributed by atoms with Crippen LogP contribution in [0.1, 0.15) is 19.8 Å². The molecule has 0 saturated carbocycles. The molecule has 1 aliphatic heterocycles. The number of ether oxygens (including phenoxy) is 1. The average molecular weight is 213 g/mol. The lowest BCUT2D eigenvalue weighted by Gasteiger charge is -2.16. The molecule has 4 nitrogen and oxygen atoms in total. The summed E-state index contributed by atoms with van der Waals surface area (Å²) in [5, 5.41) is 8.85. The van der Waals surface area contributed by atoms with Crippen molar-refractivity contribution in [1.82, 2.24) is 4.90 Å². The van der Waals surface area contributed by atoms with Gasteiger partial charge in [0.2, 0.25) is 0 Å². The molecule has 0 aromatic rings. The molecule has 1 fully saturated rings. The highest BCUT2D eigenvalue weighted by Gasteiger charge is 2.09. The Bertz CT molecular complexity index is 230. The molecular weight excluding hydrogens is 194 g/mol. The van der Waals surface area contributed by atoms with E-state index in [1.807, 2.05) is 13.0 Å². The molecule has 0 atom stereocenters. The molecule has 0 spiro atoms. The third-order valence-corrected chi connectivity index (χ3v) is 2.57. The first-order valence-electron chi connectivity index (χ1n) is 5.46. The Morgan fingerprint density at radius 1 is 1.47 bits per heavy atom. The van der Waals surface area contributed by atoms with Crippen molar-refractivity contribution in [1.29, 1.82) is 0 Å². The maximum atomic E-state index is 10.8. The van der Waals surface area contributed by atoms with Crippen molar-refractivity contribution in [3.63, 3.8) is 0 Å². The van der Waals surface area contributed by atoms with Gasteiger partial charge < -0.3 is 9.84 Å². The van der Waals surface area contributed by atoms with Crippen molar-refractivity contribution in [2.24, 2.45) is 0 Å². The maximum Gasteiger partial charge on any atom is 0.331 e. The lowest BCUT2D eigenvalue weighted by Crippen LogP contribution is -2.26. The van der Waals surface area contributed by atoms with E-state index >= 15 is 0 Å². The van der Waals surface area contributed by atoms with Crippen LogP contribution in [-0.2, 0) is 9.53 Å². The Kier molecular flexibility index (Phi) is 5.36. The van der Waals surface area contributed by atoms with Gasteiger partial charge in [0.15, 0.2) is 0 Å². The summed E-state index contributed by atoms with van der Waals surface area (Å²) in [4.78, 5) is 13.0. The predicted molar refractivity (Wildman–Crippen MR) is 57.9 cm³/mol. The monoisotopic (exact) mass is 213 g/mol. The van der Waals surface area contributed by atoms with Crippen molar-refractivity contribution in [3.8, 4) is 0 Å². The largest absolute Gasteiger partial charge is 0.478 e. The van der Waals surface area contributed by atoms with Gasteiger partial charge in [-0.25, -0.2) is 4.79 Å². The number of carboxylic acids is 1. The molecule has 0 aliphatic carbocycles. The van der Waals surface area contributed by atoms with Gasteiger partial charge in [0.05, 0.1) is 6.61 Å². The SMILES string of the molecule is CCC(=CCN1CCCOCC1)C(=O)O. The Hall–Kier alpha value is -0.870. The average Bonchev–Trinajstić information content (AvgIpc) is 2.46. The van der Waals surface area contributed by atoms with E-state index in [4.69, 9.17) is 9.84 Å². The fraction of sp³-hybridized carbons (Fsp3) is 0.727. The number of rotatable bonds is 4. The normalized spacial score (nSPS) is 19.9. The number of carbonyl (C=O) groups is 1. The Balaban J connectivity index is 2.41. The third-order valence-electron chi connectivity index (χ3n) is 2.57. The quantitative estimate of drug-likeness (QED) is 0.711. The summed E-state index contributed by atoms with van der Waals surface area (Å²) in [5.74, 6) is -0.802. The fourth-order valence-electron chi connectivity index (χ4n) is 1.60. The number of carboxylic acid groups (broad SMARTS) is 1. The number of hydrogen-bond acceptors (Lipinski definition) is 3. The van der Waals surface area contributed by atoms with Gasteiger partial charge in [-0.2, -0.15) is 0 Å². The summed E-state index contributed by atoms with van der Waals surface area (Å²) in [7, 11) is 0. The minimum Gasteiger partial charge on any atom is -0.478 e. The lowest BCUT2D eigenvalue weighted by molar-refractivity contribution is -0.132. The number of hydrogen-bond donors (Lipinski definition) is 1. The molecule has 15 heavy (non-hydrogen) atoms.